The topological polar surface area (TPSA) is 68.4 Å². The van der Waals surface area contributed by atoms with Crippen molar-refractivity contribution in [3.63, 3.8) is 0 Å². The maximum atomic E-state index is 11.6. The van der Waals surface area contributed by atoms with Gasteiger partial charge in [0.25, 0.3) is 0 Å². The first kappa shape index (κ1) is 19.4. The van der Waals surface area contributed by atoms with E-state index in [1.165, 1.54) is 16.5 Å². The highest BCUT2D eigenvalue weighted by Gasteiger charge is 2.43. The molecule has 2 heterocycles. The number of likely N-dealkylation sites (N-methyl/N-ethyl adjacent to an activating group) is 1. The van der Waals surface area contributed by atoms with Gasteiger partial charge in [-0.25, -0.2) is 0 Å². The number of nitrogens with zero attached hydrogens (tertiary/aromatic N) is 1. The fraction of sp³-hybridized carbons (Fsp3) is 0.450. The van der Waals surface area contributed by atoms with Gasteiger partial charge in [0.05, 0.1) is 0 Å². The summed E-state index contributed by atoms with van der Waals surface area (Å²) in [5.74, 6) is -0.770. The molecule has 5 nitrogen and oxygen atoms in total. The first-order valence-electron chi connectivity index (χ1n) is 9.06. The normalized spacial score (nSPS) is 24.5. The fourth-order valence-electron chi connectivity index (χ4n) is 3.87. The van der Waals surface area contributed by atoms with Gasteiger partial charge in [0.1, 0.15) is 0 Å². The number of carboxylic acid groups (broad SMARTS) is 1. The van der Waals surface area contributed by atoms with Crippen molar-refractivity contribution in [2.45, 2.75) is 29.7 Å². The van der Waals surface area contributed by atoms with Crippen molar-refractivity contribution >= 4 is 45.0 Å². The molecule has 26 heavy (non-hydrogen) atoms. The minimum atomic E-state index is -0.853. The Morgan fingerprint density at radius 3 is 2.77 bits per heavy atom. The minimum Gasteiger partial charge on any atom is -0.480 e. The summed E-state index contributed by atoms with van der Waals surface area (Å²) in [6, 6.07) is 6.48. The van der Waals surface area contributed by atoms with Gasteiger partial charge >= 0.3 is 5.97 Å². The molecule has 0 saturated carbocycles. The van der Waals surface area contributed by atoms with Crippen LogP contribution in [0.15, 0.2) is 30.5 Å². The van der Waals surface area contributed by atoms with Gasteiger partial charge < -0.3 is 15.4 Å². The number of nitrogens with one attached hydrogen (secondary N) is 2. The van der Waals surface area contributed by atoms with Crippen LogP contribution in [0.2, 0.25) is 0 Å². The van der Waals surface area contributed by atoms with Gasteiger partial charge in [0.15, 0.2) is 3.42 Å². The Balaban J connectivity index is 0.000000349. The Hall–Kier alpha value is -1.38. The molecule has 0 radical (unpaired) electrons. The Morgan fingerprint density at radius 1 is 1.42 bits per heavy atom. The predicted octanol–water partition coefficient (Wildman–Crippen LogP) is 3.30. The summed E-state index contributed by atoms with van der Waals surface area (Å²) >= 11 is 2.06. The number of benzene rings is 1. The van der Waals surface area contributed by atoms with Crippen LogP contribution in [-0.2, 0) is 11.2 Å². The molecule has 0 unspecified atom stereocenters. The van der Waals surface area contributed by atoms with Gasteiger partial charge in [-0.1, -0.05) is 54.6 Å². The second-order valence-electron chi connectivity index (χ2n) is 6.90. The lowest BCUT2D eigenvalue weighted by Crippen LogP contribution is -2.51. The van der Waals surface area contributed by atoms with E-state index >= 15 is 0 Å². The molecule has 0 spiro atoms. The first-order valence-corrected chi connectivity index (χ1v) is 10.1. The highest BCUT2D eigenvalue weighted by Crippen LogP contribution is 2.43. The van der Waals surface area contributed by atoms with E-state index in [0.717, 1.165) is 30.6 Å². The number of alkyl halides is 1. The van der Waals surface area contributed by atoms with Gasteiger partial charge in [0, 0.05) is 29.7 Å². The lowest BCUT2D eigenvalue weighted by atomic mass is 9.80. The van der Waals surface area contributed by atoms with Crippen molar-refractivity contribution in [3.05, 3.63) is 41.6 Å². The number of carboxylic acids is 1. The zero-order valence-corrected chi connectivity index (χ0v) is 17.6. The molecule has 1 aliphatic carbocycles. The lowest BCUT2D eigenvalue weighted by Gasteiger charge is -2.41. The molecular formula is C20H26IN3O2. The van der Waals surface area contributed by atoms with Crippen LogP contribution in [0.5, 0.6) is 0 Å². The van der Waals surface area contributed by atoms with E-state index in [2.05, 4.69) is 70.0 Å². The highest BCUT2D eigenvalue weighted by atomic mass is 127. The van der Waals surface area contributed by atoms with Crippen LogP contribution < -0.4 is 5.32 Å². The number of aliphatic carboxylic acids is 1. The van der Waals surface area contributed by atoms with Crippen LogP contribution in [0.4, 0.5) is 0 Å². The van der Waals surface area contributed by atoms with Crippen molar-refractivity contribution < 1.29 is 9.90 Å². The molecule has 0 bridgehead atoms. The highest BCUT2D eigenvalue weighted by molar-refractivity contribution is 14.1. The summed E-state index contributed by atoms with van der Waals surface area (Å²) in [7, 11) is 2.02. The number of carbonyl (C=O) groups is 1. The molecule has 0 fully saturated rings. The molecule has 3 N–H and O–H groups in total. The SMILES string of the molecule is CCNCC.CN1C[C@](I)(C(=O)O)C=C2c3cccc4[nH]cc(c34)C[C@H]21. The summed E-state index contributed by atoms with van der Waals surface area (Å²) < 4.78 is -0.853. The Kier molecular flexibility index (Phi) is 5.74. The number of H-pyrrole nitrogens is 1. The first-order chi connectivity index (χ1) is 12.4. The second-order valence-corrected chi connectivity index (χ2v) is 8.83. The van der Waals surface area contributed by atoms with E-state index in [0.29, 0.717) is 6.54 Å². The maximum Gasteiger partial charge on any atom is 0.324 e. The number of fused-ring (bicyclic) bond motifs is 2. The van der Waals surface area contributed by atoms with Crippen molar-refractivity contribution in [2.75, 3.05) is 26.7 Å². The van der Waals surface area contributed by atoms with E-state index in [1.807, 2.05) is 19.2 Å². The van der Waals surface area contributed by atoms with Crippen molar-refractivity contribution in [3.8, 4) is 0 Å². The minimum absolute atomic E-state index is 0.265. The van der Waals surface area contributed by atoms with Crippen LogP contribution in [0.25, 0.3) is 16.5 Å². The van der Waals surface area contributed by atoms with Gasteiger partial charge in [-0.05, 0) is 49.3 Å². The largest absolute Gasteiger partial charge is 0.480 e. The number of rotatable bonds is 3. The number of aromatic amines is 1. The zero-order valence-electron chi connectivity index (χ0n) is 15.5. The average molecular weight is 467 g/mol. The van der Waals surface area contributed by atoms with Crippen LogP contribution in [-0.4, -0.2) is 57.1 Å². The number of hydrogen-bond acceptors (Lipinski definition) is 3. The summed E-state index contributed by atoms with van der Waals surface area (Å²) in [6.07, 6.45) is 4.98. The van der Waals surface area contributed by atoms with Crippen molar-refractivity contribution in [1.82, 2.24) is 15.2 Å². The van der Waals surface area contributed by atoms with E-state index < -0.39 is 9.39 Å². The molecule has 1 aliphatic heterocycles. The molecule has 6 heteroatoms. The Bertz CT molecular complexity index is 843. The third-order valence-electron chi connectivity index (χ3n) is 5.12. The monoisotopic (exact) mass is 467 g/mol. The van der Waals surface area contributed by atoms with Gasteiger partial charge in [-0.2, -0.15) is 0 Å². The number of aromatic nitrogens is 1. The second kappa shape index (κ2) is 7.70. The Morgan fingerprint density at radius 2 is 2.15 bits per heavy atom. The molecule has 2 aliphatic rings. The molecule has 140 valence electrons. The van der Waals surface area contributed by atoms with Crippen molar-refractivity contribution in [1.29, 1.82) is 0 Å². The summed E-state index contributed by atoms with van der Waals surface area (Å²) in [5, 5.41) is 13.9. The summed E-state index contributed by atoms with van der Waals surface area (Å²) in [6.45, 7) is 6.92. The molecule has 2 aromatic rings. The maximum absolute atomic E-state index is 11.6. The van der Waals surface area contributed by atoms with Crippen LogP contribution in [0.3, 0.4) is 0 Å². The van der Waals surface area contributed by atoms with Gasteiger partial charge in [-0.15, -0.1) is 0 Å². The van der Waals surface area contributed by atoms with Crippen molar-refractivity contribution in [2.24, 2.45) is 0 Å². The Labute approximate surface area is 168 Å². The van der Waals surface area contributed by atoms with E-state index in [1.54, 1.807) is 0 Å². The molecule has 0 amide bonds. The molecule has 1 aromatic heterocycles. The average Bonchev–Trinajstić information content (AvgIpc) is 3.02. The van der Waals surface area contributed by atoms with E-state index in [9.17, 15) is 9.90 Å². The summed E-state index contributed by atoms with van der Waals surface area (Å²) in [5.41, 5.74) is 4.78. The van der Waals surface area contributed by atoms with E-state index in [-0.39, 0.29) is 6.04 Å². The van der Waals surface area contributed by atoms with Crippen LogP contribution in [0.1, 0.15) is 25.0 Å². The quantitative estimate of drug-likeness (QED) is 0.479. The lowest BCUT2D eigenvalue weighted by molar-refractivity contribution is -0.138. The third kappa shape index (κ3) is 3.42. The van der Waals surface area contributed by atoms with Gasteiger partial charge in [0.2, 0.25) is 0 Å². The standard InChI is InChI=1S/C16H15IN2O2.C4H11N/c1-19-8-16(17,15(20)21)6-11-10-3-2-4-12-14(10)9(7-18-12)5-13(11)19;1-3-5-4-2/h2-4,6-7,13,18H,5,8H2,1H3,(H,20,21);5H,3-4H2,1-2H3/t13-,16+;/m1./s1. The summed E-state index contributed by atoms with van der Waals surface area (Å²) in [4.78, 5) is 17.1. The third-order valence-corrected chi connectivity index (χ3v) is 6.24. The fourth-order valence-corrected chi connectivity index (χ4v) is 4.74. The van der Waals surface area contributed by atoms with Crippen LogP contribution >= 0.6 is 22.6 Å². The van der Waals surface area contributed by atoms with E-state index in [4.69, 9.17) is 0 Å². The molecule has 4 rings (SSSR count). The predicted molar refractivity (Wildman–Crippen MR) is 115 cm³/mol. The number of hydrogen-bond donors (Lipinski definition) is 3. The molecule has 0 saturated heterocycles. The van der Waals surface area contributed by atoms with Crippen LogP contribution in [0, 0.1) is 0 Å². The molecule has 2 atom stereocenters. The zero-order chi connectivity index (χ0) is 18.9. The smallest absolute Gasteiger partial charge is 0.324 e. The molecule has 1 aromatic carbocycles. The number of halogens is 1. The van der Waals surface area contributed by atoms with Gasteiger partial charge in [-0.3, -0.25) is 9.69 Å². The molecular weight excluding hydrogens is 441 g/mol.